The van der Waals surface area contributed by atoms with Gasteiger partial charge in [-0.15, -0.1) is 5.10 Å². The second-order valence-corrected chi connectivity index (χ2v) is 6.77. The van der Waals surface area contributed by atoms with Crippen LogP contribution in [0, 0.1) is 0 Å². The Balaban J connectivity index is 1.77. The molecule has 1 saturated heterocycles. The summed E-state index contributed by atoms with van der Waals surface area (Å²) < 4.78 is 44.7. The molecular weight excluding hydrogens is 338 g/mol. The van der Waals surface area contributed by atoms with Gasteiger partial charge in [-0.1, -0.05) is 0 Å². The van der Waals surface area contributed by atoms with Crippen molar-refractivity contribution in [3.63, 3.8) is 0 Å². The highest BCUT2D eigenvalue weighted by Gasteiger charge is 2.21. The van der Waals surface area contributed by atoms with Crippen molar-refractivity contribution in [2.45, 2.75) is 11.0 Å². The van der Waals surface area contributed by atoms with E-state index in [2.05, 4.69) is 20.2 Å². The SMILES string of the molecule is COc1cc(S(=O)(=O)NCC2COCCO2)ccc1-n1cnnn1. The van der Waals surface area contributed by atoms with Crippen molar-refractivity contribution in [2.75, 3.05) is 33.5 Å². The van der Waals surface area contributed by atoms with Crippen molar-refractivity contribution >= 4 is 10.0 Å². The molecule has 0 radical (unpaired) electrons. The van der Waals surface area contributed by atoms with E-state index < -0.39 is 10.0 Å². The summed E-state index contributed by atoms with van der Waals surface area (Å²) in [4.78, 5) is 0.0768. The topological polar surface area (TPSA) is 117 Å². The normalized spacial score (nSPS) is 18.5. The van der Waals surface area contributed by atoms with Gasteiger partial charge in [-0.2, -0.15) is 4.68 Å². The van der Waals surface area contributed by atoms with E-state index in [1.807, 2.05) is 0 Å². The molecule has 2 aromatic rings. The highest BCUT2D eigenvalue weighted by molar-refractivity contribution is 7.89. The molecule has 0 amide bonds. The van der Waals surface area contributed by atoms with Crippen LogP contribution in [-0.2, 0) is 19.5 Å². The molecule has 0 bridgehead atoms. The molecule has 3 rings (SSSR count). The predicted octanol–water partition coefficient (Wildman–Crippen LogP) is -0.635. The first kappa shape index (κ1) is 16.8. The third-order valence-corrected chi connectivity index (χ3v) is 4.86. The molecule has 0 aliphatic carbocycles. The van der Waals surface area contributed by atoms with Gasteiger partial charge in [0.2, 0.25) is 10.0 Å². The summed E-state index contributed by atoms with van der Waals surface area (Å²) in [6.07, 6.45) is 1.10. The lowest BCUT2D eigenvalue weighted by Gasteiger charge is -2.23. The van der Waals surface area contributed by atoms with Crippen molar-refractivity contribution < 1.29 is 22.6 Å². The van der Waals surface area contributed by atoms with E-state index in [-0.39, 0.29) is 17.5 Å². The molecule has 1 aliphatic rings. The van der Waals surface area contributed by atoms with Crippen molar-refractivity contribution in [1.29, 1.82) is 0 Å². The lowest BCUT2D eigenvalue weighted by atomic mass is 10.3. The predicted molar refractivity (Wildman–Crippen MR) is 81.5 cm³/mol. The molecule has 1 unspecified atom stereocenters. The summed E-state index contributed by atoms with van der Waals surface area (Å²) >= 11 is 0. The number of hydrogen-bond acceptors (Lipinski definition) is 8. The zero-order chi connectivity index (χ0) is 17.0. The summed E-state index contributed by atoms with van der Waals surface area (Å²) in [7, 11) is -2.26. The molecule has 1 fully saturated rings. The van der Waals surface area contributed by atoms with Crippen molar-refractivity contribution in [3.8, 4) is 11.4 Å². The first-order valence-corrected chi connectivity index (χ1v) is 8.69. The number of sulfonamides is 1. The fraction of sp³-hybridized carbons (Fsp3) is 0.462. The minimum absolute atomic E-state index is 0.0768. The fourth-order valence-electron chi connectivity index (χ4n) is 2.23. The number of ether oxygens (including phenoxy) is 3. The maximum absolute atomic E-state index is 12.4. The summed E-state index contributed by atoms with van der Waals surface area (Å²) in [5.41, 5.74) is 0.533. The number of tetrazole rings is 1. The van der Waals surface area contributed by atoms with Crippen LogP contribution >= 0.6 is 0 Å². The van der Waals surface area contributed by atoms with Gasteiger partial charge in [0.05, 0.1) is 37.9 Å². The molecule has 10 nitrogen and oxygen atoms in total. The zero-order valence-electron chi connectivity index (χ0n) is 13.0. The van der Waals surface area contributed by atoms with Crippen LogP contribution in [0.4, 0.5) is 0 Å². The van der Waals surface area contributed by atoms with Gasteiger partial charge in [-0.25, -0.2) is 13.1 Å². The van der Waals surface area contributed by atoms with Gasteiger partial charge >= 0.3 is 0 Å². The number of methoxy groups -OCH3 is 1. The molecule has 11 heteroatoms. The summed E-state index contributed by atoms with van der Waals surface area (Å²) in [6, 6.07) is 4.45. The van der Waals surface area contributed by atoms with Crippen LogP contribution in [0.15, 0.2) is 29.4 Å². The van der Waals surface area contributed by atoms with Crippen LogP contribution in [0.3, 0.4) is 0 Å². The van der Waals surface area contributed by atoms with Gasteiger partial charge in [0.1, 0.15) is 17.8 Å². The highest BCUT2D eigenvalue weighted by atomic mass is 32.2. The number of hydrogen-bond donors (Lipinski definition) is 1. The molecule has 1 aliphatic heterocycles. The average Bonchev–Trinajstić information content (AvgIpc) is 3.15. The van der Waals surface area contributed by atoms with Crippen LogP contribution in [0.2, 0.25) is 0 Å². The highest BCUT2D eigenvalue weighted by Crippen LogP contribution is 2.25. The van der Waals surface area contributed by atoms with E-state index in [0.717, 1.165) is 0 Å². The van der Waals surface area contributed by atoms with Gasteiger partial charge in [0, 0.05) is 12.6 Å². The van der Waals surface area contributed by atoms with Crippen LogP contribution in [0.25, 0.3) is 5.69 Å². The minimum atomic E-state index is -3.70. The van der Waals surface area contributed by atoms with E-state index in [4.69, 9.17) is 14.2 Å². The zero-order valence-corrected chi connectivity index (χ0v) is 13.8. The summed E-state index contributed by atoms with van der Waals surface area (Å²) in [6.45, 7) is 1.49. The molecule has 1 atom stereocenters. The Labute approximate surface area is 138 Å². The number of rotatable bonds is 6. The first-order valence-electron chi connectivity index (χ1n) is 7.20. The number of aromatic nitrogens is 4. The van der Waals surface area contributed by atoms with Crippen LogP contribution in [0.1, 0.15) is 0 Å². The molecule has 0 spiro atoms. The Morgan fingerprint density at radius 2 is 2.29 bits per heavy atom. The van der Waals surface area contributed by atoms with Gasteiger partial charge in [-0.05, 0) is 22.6 Å². The Kier molecular flexibility index (Phi) is 5.04. The second kappa shape index (κ2) is 7.21. The standard InChI is InChI=1S/C13H17N5O5S/c1-21-13-6-11(2-3-12(13)18-9-14-16-17-18)24(19,20)15-7-10-8-22-4-5-23-10/h2-3,6,9-10,15H,4-5,7-8H2,1H3. The molecular formula is C13H17N5O5S. The van der Waals surface area contributed by atoms with Crippen LogP contribution in [0.5, 0.6) is 5.75 Å². The lowest BCUT2D eigenvalue weighted by Crippen LogP contribution is -2.39. The maximum atomic E-state index is 12.4. The average molecular weight is 355 g/mol. The number of nitrogens with one attached hydrogen (secondary N) is 1. The maximum Gasteiger partial charge on any atom is 0.240 e. The molecule has 2 heterocycles. The largest absolute Gasteiger partial charge is 0.494 e. The molecule has 1 aromatic carbocycles. The van der Waals surface area contributed by atoms with E-state index in [0.29, 0.717) is 31.3 Å². The Bertz CT molecular complexity index is 774. The Morgan fingerprint density at radius 3 is 2.96 bits per heavy atom. The molecule has 0 saturated carbocycles. The Hall–Kier alpha value is -2.08. The van der Waals surface area contributed by atoms with Gasteiger partial charge < -0.3 is 14.2 Å². The van der Waals surface area contributed by atoms with Gasteiger partial charge in [-0.3, -0.25) is 0 Å². The third-order valence-electron chi connectivity index (χ3n) is 3.44. The van der Waals surface area contributed by atoms with Gasteiger partial charge in [0.15, 0.2) is 0 Å². The van der Waals surface area contributed by atoms with Crippen LogP contribution < -0.4 is 9.46 Å². The van der Waals surface area contributed by atoms with E-state index in [1.54, 1.807) is 6.07 Å². The minimum Gasteiger partial charge on any atom is -0.494 e. The molecule has 130 valence electrons. The smallest absolute Gasteiger partial charge is 0.240 e. The third kappa shape index (κ3) is 3.70. The van der Waals surface area contributed by atoms with Crippen molar-refractivity contribution in [2.24, 2.45) is 0 Å². The molecule has 1 aromatic heterocycles. The van der Waals surface area contributed by atoms with E-state index >= 15 is 0 Å². The number of benzene rings is 1. The molecule has 24 heavy (non-hydrogen) atoms. The fourth-order valence-corrected chi connectivity index (χ4v) is 3.31. The molecule has 1 N–H and O–H groups in total. The van der Waals surface area contributed by atoms with Crippen LogP contribution in [-0.4, -0.2) is 68.2 Å². The van der Waals surface area contributed by atoms with Gasteiger partial charge in [0.25, 0.3) is 0 Å². The lowest BCUT2D eigenvalue weighted by molar-refractivity contribution is -0.0846. The quantitative estimate of drug-likeness (QED) is 0.727. The van der Waals surface area contributed by atoms with Crippen molar-refractivity contribution in [1.82, 2.24) is 24.9 Å². The summed E-state index contributed by atoms with van der Waals surface area (Å²) in [5.74, 6) is 0.336. The van der Waals surface area contributed by atoms with E-state index in [9.17, 15) is 8.42 Å². The summed E-state index contributed by atoms with van der Waals surface area (Å²) in [5, 5.41) is 10.9. The first-order chi connectivity index (χ1) is 11.6. The number of nitrogens with zero attached hydrogens (tertiary/aromatic N) is 4. The Morgan fingerprint density at radius 1 is 1.42 bits per heavy atom. The van der Waals surface area contributed by atoms with E-state index in [1.165, 1.54) is 30.3 Å². The second-order valence-electron chi connectivity index (χ2n) is 5.01. The monoisotopic (exact) mass is 355 g/mol. The van der Waals surface area contributed by atoms with Crippen molar-refractivity contribution in [3.05, 3.63) is 24.5 Å².